The van der Waals surface area contributed by atoms with Crippen molar-refractivity contribution in [3.63, 3.8) is 0 Å². The summed E-state index contributed by atoms with van der Waals surface area (Å²) in [6.07, 6.45) is 1.70. The lowest BCUT2D eigenvalue weighted by atomic mass is 10.1. The van der Waals surface area contributed by atoms with Gasteiger partial charge in [0.1, 0.15) is 5.82 Å². The number of tetrazole rings is 1. The standard InChI is InChI=1S/C23H29FN8O2/c1-25-22(33)18-12-17(21-28-29-30-32(21)3)13-20(14-18)27-23(34)26-10-4-5-11-31(2)15-16-6-8-19(24)9-7-16/h6-9,12-14H,4-5,10-11,15H2,1-3H3,(H,25,33)(H2,26,27,34). The van der Waals surface area contributed by atoms with E-state index in [4.69, 9.17) is 0 Å². The van der Waals surface area contributed by atoms with Crippen LogP contribution < -0.4 is 16.0 Å². The molecule has 0 spiro atoms. The van der Waals surface area contributed by atoms with E-state index in [1.54, 1.807) is 37.4 Å². The highest BCUT2D eigenvalue weighted by molar-refractivity contribution is 5.98. The monoisotopic (exact) mass is 468 g/mol. The molecule has 0 fully saturated rings. The van der Waals surface area contributed by atoms with E-state index in [0.29, 0.717) is 29.2 Å². The van der Waals surface area contributed by atoms with Gasteiger partial charge in [0.25, 0.3) is 5.91 Å². The predicted molar refractivity (Wildman–Crippen MR) is 127 cm³/mol. The van der Waals surface area contributed by atoms with Crippen molar-refractivity contribution >= 4 is 17.6 Å². The summed E-state index contributed by atoms with van der Waals surface area (Å²) in [5, 5.41) is 19.6. The normalized spacial score (nSPS) is 10.9. The SMILES string of the molecule is CNC(=O)c1cc(NC(=O)NCCCCN(C)Cc2ccc(F)cc2)cc(-c2nnnn2C)c1. The third kappa shape index (κ3) is 7.07. The molecule has 0 atom stereocenters. The van der Waals surface area contributed by atoms with Crippen LogP contribution in [0.5, 0.6) is 0 Å². The minimum atomic E-state index is -0.365. The number of aromatic nitrogens is 4. The Morgan fingerprint density at radius 1 is 1.12 bits per heavy atom. The fourth-order valence-electron chi connectivity index (χ4n) is 3.44. The van der Waals surface area contributed by atoms with Crippen molar-refractivity contribution in [2.24, 2.45) is 7.05 Å². The first-order valence-electron chi connectivity index (χ1n) is 10.9. The zero-order chi connectivity index (χ0) is 24.5. The molecule has 0 radical (unpaired) electrons. The fraction of sp³-hybridized carbons (Fsp3) is 0.348. The average molecular weight is 469 g/mol. The molecule has 0 aliphatic heterocycles. The highest BCUT2D eigenvalue weighted by atomic mass is 19.1. The van der Waals surface area contributed by atoms with E-state index in [1.165, 1.54) is 23.9 Å². The fourth-order valence-corrected chi connectivity index (χ4v) is 3.44. The number of hydrogen-bond acceptors (Lipinski definition) is 6. The van der Waals surface area contributed by atoms with E-state index >= 15 is 0 Å². The van der Waals surface area contributed by atoms with Crippen LogP contribution in [0.25, 0.3) is 11.4 Å². The van der Waals surface area contributed by atoms with Gasteiger partial charge in [0.15, 0.2) is 5.82 Å². The Kier molecular flexibility index (Phi) is 8.63. The van der Waals surface area contributed by atoms with Crippen LogP contribution in [0, 0.1) is 5.82 Å². The molecule has 34 heavy (non-hydrogen) atoms. The summed E-state index contributed by atoms with van der Waals surface area (Å²) in [6, 6.07) is 11.1. The van der Waals surface area contributed by atoms with Gasteiger partial charge < -0.3 is 20.9 Å². The van der Waals surface area contributed by atoms with Crippen molar-refractivity contribution in [2.75, 3.05) is 32.5 Å². The number of anilines is 1. The lowest BCUT2D eigenvalue weighted by molar-refractivity contribution is 0.0963. The van der Waals surface area contributed by atoms with Crippen molar-refractivity contribution in [1.29, 1.82) is 0 Å². The molecule has 3 rings (SSSR count). The van der Waals surface area contributed by atoms with Crippen LogP contribution in [-0.2, 0) is 13.6 Å². The summed E-state index contributed by atoms with van der Waals surface area (Å²) in [5.74, 6) is -0.0536. The number of urea groups is 1. The van der Waals surface area contributed by atoms with E-state index in [2.05, 4.69) is 36.4 Å². The van der Waals surface area contributed by atoms with E-state index < -0.39 is 0 Å². The maximum absolute atomic E-state index is 13.0. The summed E-state index contributed by atoms with van der Waals surface area (Å²) in [5.41, 5.74) is 2.49. The lowest BCUT2D eigenvalue weighted by Gasteiger charge is -2.16. The number of nitrogens with one attached hydrogen (secondary N) is 3. The molecule has 0 saturated heterocycles. The number of halogens is 1. The molecule has 0 bridgehead atoms. The summed E-state index contributed by atoms with van der Waals surface area (Å²) < 4.78 is 14.5. The highest BCUT2D eigenvalue weighted by Gasteiger charge is 2.14. The van der Waals surface area contributed by atoms with Crippen LogP contribution in [0.1, 0.15) is 28.8 Å². The maximum Gasteiger partial charge on any atom is 0.319 e. The molecule has 3 N–H and O–H groups in total. The molecular weight excluding hydrogens is 439 g/mol. The first-order valence-corrected chi connectivity index (χ1v) is 10.9. The lowest BCUT2D eigenvalue weighted by Crippen LogP contribution is -2.30. The molecule has 1 heterocycles. The number of carbonyl (C=O) groups is 2. The molecule has 3 amide bonds. The second-order valence-electron chi connectivity index (χ2n) is 7.96. The van der Waals surface area contributed by atoms with E-state index in [-0.39, 0.29) is 17.8 Å². The number of hydrogen-bond donors (Lipinski definition) is 3. The summed E-state index contributed by atoms with van der Waals surface area (Å²) in [6.45, 7) is 2.09. The molecular formula is C23H29FN8O2. The van der Waals surface area contributed by atoms with Gasteiger partial charge in [-0.1, -0.05) is 12.1 Å². The molecule has 0 unspecified atom stereocenters. The van der Waals surface area contributed by atoms with Crippen molar-refractivity contribution in [2.45, 2.75) is 19.4 Å². The van der Waals surface area contributed by atoms with E-state index in [0.717, 1.165) is 31.5 Å². The van der Waals surface area contributed by atoms with Crippen molar-refractivity contribution < 1.29 is 14.0 Å². The molecule has 1 aromatic heterocycles. The van der Waals surface area contributed by atoms with Crippen LogP contribution in [0.4, 0.5) is 14.9 Å². The Morgan fingerprint density at radius 3 is 2.56 bits per heavy atom. The third-order valence-electron chi connectivity index (χ3n) is 5.18. The second-order valence-corrected chi connectivity index (χ2v) is 7.96. The molecule has 180 valence electrons. The largest absolute Gasteiger partial charge is 0.355 e. The summed E-state index contributed by atoms with van der Waals surface area (Å²) in [4.78, 5) is 26.7. The number of amides is 3. The van der Waals surface area contributed by atoms with Crippen LogP contribution >= 0.6 is 0 Å². The number of benzene rings is 2. The van der Waals surface area contributed by atoms with Crippen molar-refractivity contribution in [3.8, 4) is 11.4 Å². The molecule has 0 aliphatic carbocycles. The molecule has 3 aromatic rings. The minimum Gasteiger partial charge on any atom is -0.355 e. The topological polar surface area (TPSA) is 117 Å². The smallest absolute Gasteiger partial charge is 0.319 e. The van der Waals surface area contributed by atoms with Gasteiger partial charge in [-0.2, -0.15) is 0 Å². The van der Waals surface area contributed by atoms with Gasteiger partial charge in [0.2, 0.25) is 0 Å². The van der Waals surface area contributed by atoms with Gasteiger partial charge in [-0.05, 0) is 72.8 Å². The summed E-state index contributed by atoms with van der Waals surface area (Å²) in [7, 11) is 5.24. The Balaban J connectivity index is 1.48. The van der Waals surface area contributed by atoms with Gasteiger partial charge in [0.05, 0.1) is 0 Å². The van der Waals surface area contributed by atoms with Gasteiger partial charge in [-0.3, -0.25) is 4.79 Å². The number of aryl methyl sites for hydroxylation is 1. The zero-order valence-corrected chi connectivity index (χ0v) is 19.5. The van der Waals surface area contributed by atoms with Gasteiger partial charge in [-0.15, -0.1) is 5.10 Å². The van der Waals surface area contributed by atoms with E-state index in [9.17, 15) is 14.0 Å². The third-order valence-corrected chi connectivity index (χ3v) is 5.18. The Hall–Kier alpha value is -3.86. The Morgan fingerprint density at radius 2 is 1.88 bits per heavy atom. The van der Waals surface area contributed by atoms with Crippen LogP contribution in [0.15, 0.2) is 42.5 Å². The minimum absolute atomic E-state index is 0.238. The van der Waals surface area contributed by atoms with Gasteiger partial charge in [0, 0.05) is 44.0 Å². The van der Waals surface area contributed by atoms with Crippen molar-refractivity contribution in [1.82, 2.24) is 35.7 Å². The maximum atomic E-state index is 13.0. The molecule has 0 saturated carbocycles. The number of rotatable bonds is 10. The first kappa shape index (κ1) is 24.8. The van der Waals surface area contributed by atoms with Crippen LogP contribution in [0.3, 0.4) is 0 Å². The van der Waals surface area contributed by atoms with Gasteiger partial charge in [-0.25, -0.2) is 13.9 Å². The average Bonchev–Trinajstić information content (AvgIpc) is 3.25. The highest BCUT2D eigenvalue weighted by Crippen LogP contribution is 2.23. The predicted octanol–water partition coefficient (Wildman–Crippen LogP) is 2.41. The number of unbranched alkanes of at least 4 members (excludes halogenated alkanes) is 1. The first-order chi connectivity index (χ1) is 16.4. The Labute approximate surface area is 197 Å². The Bertz CT molecular complexity index is 1120. The number of carbonyl (C=O) groups excluding carboxylic acids is 2. The molecule has 10 nitrogen and oxygen atoms in total. The second kappa shape index (κ2) is 11.8. The van der Waals surface area contributed by atoms with Crippen molar-refractivity contribution in [3.05, 3.63) is 59.4 Å². The molecule has 11 heteroatoms. The molecule has 2 aromatic carbocycles. The van der Waals surface area contributed by atoms with Crippen LogP contribution in [-0.4, -0.2) is 64.2 Å². The zero-order valence-electron chi connectivity index (χ0n) is 19.5. The summed E-state index contributed by atoms with van der Waals surface area (Å²) >= 11 is 0. The quantitative estimate of drug-likeness (QED) is 0.394. The van der Waals surface area contributed by atoms with Crippen LogP contribution in [0.2, 0.25) is 0 Å². The van der Waals surface area contributed by atoms with E-state index in [1.807, 2.05) is 7.05 Å². The molecule has 0 aliphatic rings. The van der Waals surface area contributed by atoms with Gasteiger partial charge >= 0.3 is 6.03 Å². The number of nitrogens with zero attached hydrogens (tertiary/aromatic N) is 5.